The Morgan fingerprint density at radius 1 is 1.21 bits per heavy atom. The molecule has 0 aromatic heterocycles. The van der Waals surface area contributed by atoms with Crippen LogP contribution in [0.4, 0.5) is 4.79 Å². The van der Waals surface area contributed by atoms with Crippen LogP contribution in [-0.4, -0.2) is 88.3 Å². The number of rotatable bonds is 2. The van der Waals surface area contributed by atoms with Crippen molar-refractivity contribution in [2.75, 3.05) is 39.3 Å². The van der Waals surface area contributed by atoms with Gasteiger partial charge in [0.05, 0.1) is 6.10 Å². The van der Waals surface area contributed by atoms with Gasteiger partial charge in [-0.15, -0.1) is 0 Å². The number of likely N-dealkylation sites (N-methyl/N-ethyl adjacent to an activating group) is 1. The van der Waals surface area contributed by atoms with E-state index in [1.165, 1.54) is 4.90 Å². The third-order valence-electron chi connectivity index (χ3n) is 3.90. The molecule has 2 amide bonds. The van der Waals surface area contributed by atoms with Gasteiger partial charge in [0.25, 0.3) is 0 Å². The summed E-state index contributed by atoms with van der Waals surface area (Å²) in [5.41, 5.74) is 0. The Kier molecular flexibility index (Phi) is 4.26. The molecular weight excluding hydrogens is 250 g/mol. The summed E-state index contributed by atoms with van der Waals surface area (Å²) in [6.07, 6.45) is -0.613. The minimum absolute atomic E-state index is 0.115. The molecule has 0 spiro atoms. The average Bonchev–Trinajstić information content (AvgIpc) is 2.80. The number of aliphatic hydroxyl groups excluding tert-OH is 1. The number of likely N-dealkylation sites (tertiary alicyclic amines) is 1. The number of carbonyl (C=O) groups excluding carboxylic acids is 1. The number of carbonyl (C=O) groups is 2. The van der Waals surface area contributed by atoms with Crippen LogP contribution in [0.15, 0.2) is 0 Å². The fraction of sp³-hybridized carbons (Fsp3) is 0.833. The van der Waals surface area contributed by atoms with E-state index in [-0.39, 0.29) is 19.0 Å². The highest BCUT2D eigenvalue weighted by molar-refractivity contribution is 5.83. The number of amides is 2. The second kappa shape index (κ2) is 5.75. The summed E-state index contributed by atoms with van der Waals surface area (Å²) in [6, 6.07) is -1.16. The molecule has 0 radical (unpaired) electrons. The van der Waals surface area contributed by atoms with Crippen LogP contribution < -0.4 is 0 Å². The van der Waals surface area contributed by atoms with Crippen LogP contribution in [0, 0.1) is 0 Å². The van der Waals surface area contributed by atoms with Gasteiger partial charge in [-0.25, -0.2) is 9.59 Å². The molecule has 2 fully saturated rings. The Hall–Kier alpha value is -1.34. The van der Waals surface area contributed by atoms with Gasteiger partial charge in [0, 0.05) is 39.1 Å². The van der Waals surface area contributed by atoms with Crippen molar-refractivity contribution in [2.45, 2.75) is 25.5 Å². The van der Waals surface area contributed by atoms with Gasteiger partial charge in [-0.05, 0) is 6.54 Å². The van der Waals surface area contributed by atoms with Crippen LogP contribution in [0.25, 0.3) is 0 Å². The van der Waals surface area contributed by atoms with Crippen LogP contribution in [0.1, 0.15) is 13.3 Å². The zero-order valence-electron chi connectivity index (χ0n) is 11.2. The van der Waals surface area contributed by atoms with Crippen molar-refractivity contribution in [1.29, 1.82) is 0 Å². The normalized spacial score (nSPS) is 28.7. The van der Waals surface area contributed by atoms with Crippen LogP contribution in [0.5, 0.6) is 0 Å². The molecule has 0 aromatic rings. The van der Waals surface area contributed by atoms with E-state index in [0.29, 0.717) is 13.1 Å². The summed E-state index contributed by atoms with van der Waals surface area (Å²) in [7, 11) is 0. The summed E-state index contributed by atoms with van der Waals surface area (Å²) in [6.45, 7) is 6.02. The predicted octanol–water partition coefficient (Wildman–Crippen LogP) is -0.736. The minimum Gasteiger partial charge on any atom is -0.480 e. The molecule has 108 valence electrons. The van der Waals surface area contributed by atoms with Crippen LogP contribution in [0.2, 0.25) is 0 Å². The fourth-order valence-corrected chi connectivity index (χ4v) is 2.70. The van der Waals surface area contributed by atoms with Crippen molar-refractivity contribution in [3.05, 3.63) is 0 Å². The third-order valence-corrected chi connectivity index (χ3v) is 3.90. The Morgan fingerprint density at radius 2 is 1.84 bits per heavy atom. The van der Waals surface area contributed by atoms with Gasteiger partial charge in [0.2, 0.25) is 0 Å². The highest BCUT2D eigenvalue weighted by Crippen LogP contribution is 2.20. The smallest absolute Gasteiger partial charge is 0.326 e. The van der Waals surface area contributed by atoms with Gasteiger partial charge in [-0.1, -0.05) is 6.92 Å². The van der Waals surface area contributed by atoms with Gasteiger partial charge < -0.3 is 24.9 Å². The van der Waals surface area contributed by atoms with E-state index in [0.717, 1.165) is 19.6 Å². The number of hydrogen-bond acceptors (Lipinski definition) is 4. The largest absolute Gasteiger partial charge is 0.480 e. The molecule has 0 bridgehead atoms. The van der Waals surface area contributed by atoms with Crippen molar-refractivity contribution >= 4 is 12.0 Å². The number of aliphatic carboxylic acids is 1. The zero-order chi connectivity index (χ0) is 14.0. The summed E-state index contributed by atoms with van der Waals surface area (Å²) in [5.74, 6) is -1.04. The molecule has 2 N–H and O–H groups in total. The molecule has 2 heterocycles. The Bertz CT molecular complexity index is 355. The number of hydrogen-bond donors (Lipinski definition) is 2. The number of nitrogens with zero attached hydrogens (tertiary/aromatic N) is 3. The second-order valence-corrected chi connectivity index (χ2v) is 5.10. The summed E-state index contributed by atoms with van der Waals surface area (Å²) >= 11 is 0. The fourth-order valence-electron chi connectivity index (χ4n) is 2.70. The van der Waals surface area contributed by atoms with Crippen molar-refractivity contribution in [1.82, 2.24) is 14.7 Å². The van der Waals surface area contributed by atoms with Crippen molar-refractivity contribution in [2.24, 2.45) is 0 Å². The molecule has 19 heavy (non-hydrogen) atoms. The van der Waals surface area contributed by atoms with Crippen molar-refractivity contribution < 1.29 is 19.8 Å². The number of piperazine rings is 1. The first-order valence-electron chi connectivity index (χ1n) is 6.71. The molecule has 2 rings (SSSR count). The van der Waals surface area contributed by atoms with Crippen LogP contribution in [0.3, 0.4) is 0 Å². The van der Waals surface area contributed by atoms with Crippen LogP contribution in [-0.2, 0) is 4.79 Å². The molecule has 0 unspecified atom stereocenters. The van der Waals surface area contributed by atoms with E-state index in [9.17, 15) is 14.7 Å². The maximum atomic E-state index is 12.3. The lowest BCUT2D eigenvalue weighted by Gasteiger charge is -2.37. The van der Waals surface area contributed by atoms with E-state index in [2.05, 4.69) is 11.8 Å². The van der Waals surface area contributed by atoms with Crippen molar-refractivity contribution in [3.63, 3.8) is 0 Å². The first kappa shape index (κ1) is 14.1. The molecule has 0 aromatic carbocycles. The SMILES string of the molecule is CCN1CCN(C(=O)N2C[C@H](O)C[C@H]2C(=O)O)CC1. The lowest BCUT2D eigenvalue weighted by atomic mass is 10.2. The quantitative estimate of drug-likeness (QED) is 0.691. The standard InChI is InChI=1S/C12H21N3O4/c1-2-13-3-5-14(6-4-13)12(19)15-8-9(16)7-10(15)11(17)18/h9-10,16H,2-8H2,1H3,(H,17,18)/t9-,10+/m1/s1. The molecule has 0 saturated carbocycles. The second-order valence-electron chi connectivity index (χ2n) is 5.10. The Balaban J connectivity index is 1.97. The first-order chi connectivity index (χ1) is 9.02. The number of β-amino-alcohol motifs (C(OH)–C–C–N with tert-alkyl or cyclic N) is 1. The lowest BCUT2D eigenvalue weighted by molar-refractivity contribution is -0.141. The molecular formula is C12H21N3O4. The van der Waals surface area contributed by atoms with Gasteiger partial charge in [-0.3, -0.25) is 0 Å². The molecule has 2 saturated heterocycles. The molecule has 2 atom stereocenters. The van der Waals surface area contributed by atoms with Gasteiger partial charge >= 0.3 is 12.0 Å². The lowest BCUT2D eigenvalue weighted by Crippen LogP contribution is -2.54. The van der Waals surface area contributed by atoms with Crippen molar-refractivity contribution in [3.8, 4) is 0 Å². The number of urea groups is 1. The number of carboxylic acids is 1. The zero-order valence-corrected chi connectivity index (χ0v) is 11.2. The molecule has 2 aliphatic heterocycles. The van der Waals surface area contributed by atoms with Gasteiger partial charge in [-0.2, -0.15) is 0 Å². The number of aliphatic hydroxyl groups is 1. The predicted molar refractivity (Wildman–Crippen MR) is 67.8 cm³/mol. The summed E-state index contributed by atoms with van der Waals surface area (Å²) in [4.78, 5) is 28.6. The summed E-state index contributed by atoms with van der Waals surface area (Å²) < 4.78 is 0. The van der Waals surface area contributed by atoms with E-state index in [1.54, 1.807) is 4.90 Å². The van der Waals surface area contributed by atoms with Crippen LogP contribution >= 0.6 is 0 Å². The van der Waals surface area contributed by atoms with Gasteiger partial charge in [0.15, 0.2) is 0 Å². The maximum absolute atomic E-state index is 12.3. The maximum Gasteiger partial charge on any atom is 0.326 e. The first-order valence-corrected chi connectivity index (χ1v) is 6.71. The molecule has 7 heteroatoms. The highest BCUT2D eigenvalue weighted by Gasteiger charge is 2.40. The third kappa shape index (κ3) is 2.98. The van der Waals surface area contributed by atoms with E-state index < -0.39 is 18.1 Å². The minimum atomic E-state index is -1.04. The molecule has 2 aliphatic rings. The topological polar surface area (TPSA) is 84.3 Å². The monoisotopic (exact) mass is 271 g/mol. The van der Waals surface area contributed by atoms with E-state index >= 15 is 0 Å². The highest BCUT2D eigenvalue weighted by atomic mass is 16.4. The number of carboxylic acid groups (broad SMARTS) is 1. The Labute approximate surface area is 112 Å². The average molecular weight is 271 g/mol. The molecule has 7 nitrogen and oxygen atoms in total. The molecule has 0 aliphatic carbocycles. The summed E-state index contributed by atoms with van der Waals surface area (Å²) in [5, 5.41) is 18.7. The Morgan fingerprint density at radius 3 is 2.37 bits per heavy atom. The van der Waals surface area contributed by atoms with Gasteiger partial charge in [0.1, 0.15) is 6.04 Å². The van der Waals surface area contributed by atoms with E-state index in [4.69, 9.17) is 5.11 Å². The van der Waals surface area contributed by atoms with E-state index in [1.807, 2.05) is 0 Å².